The van der Waals surface area contributed by atoms with Gasteiger partial charge in [0.05, 0.1) is 6.54 Å². The van der Waals surface area contributed by atoms with Gasteiger partial charge in [0, 0.05) is 11.3 Å². The fourth-order valence-electron chi connectivity index (χ4n) is 2.47. The minimum Gasteiger partial charge on any atom is -0.419 e. The monoisotopic (exact) mass is 293 g/mol. The van der Waals surface area contributed by atoms with Gasteiger partial charge in [0.1, 0.15) is 0 Å². The van der Waals surface area contributed by atoms with E-state index in [0.29, 0.717) is 18.3 Å². The smallest absolute Gasteiger partial charge is 0.247 e. The Morgan fingerprint density at radius 3 is 2.41 bits per heavy atom. The summed E-state index contributed by atoms with van der Waals surface area (Å²) in [7, 11) is 0. The number of anilines is 1. The summed E-state index contributed by atoms with van der Waals surface area (Å²) in [6.07, 6.45) is 0. The van der Waals surface area contributed by atoms with Gasteiger partial charge < -0.3 is 9.73 Å². The summed E-state index contributed by atoms with van der Waals surface area (Å²) in [5.41, 5.74) is 5.64. The first-order chi connectivity index (χ1) is 10.6. The van der Waals surface area contributed by atoms with Crippen molar-refractivity contribution in [2.45, 2.75) is 27.3 Å². The molecule has 0 aliphatic heterocycles. The molecule has 1 heterocycles. The number of benzene rings is 2. The van der Waals surface area contributed by atoms with E-state index in [2.05, 4.69) is 47.6 Å². The molecular weight excluding hydrogens is 274 g/mol. The number of hydrogen-bond acceptors (Lipinski definition) is 4. The van der Waals surface area contributed by atoms with E-state index in [9.17, 15) is 0 Å². The highest BCUT2D eigenvalue weighted by Crippen LogP contribution is 2.20. The van der Waals surface area contributed by atoms with Crippen LogP contribution in [-0.4, -0.2) is 10.2 Å². The molecule has 0 aliphatic carbocycles. The molecule has 4 heteroatoms. The Labute approximate surface area is 130 Å². The maximum atomic E-state index is 5.72. The van der Waals surface area contributed by atoms with Crippen LogP contribution in [0.15, 0.2) is 46.9 Å². The number of hydrogen-bond donors (Lipinski definition) is 1. The van der Waals surface area contributed by atoms with Crippen molar-refractivity contribution in [1.29, 1.82) is 0 Å². The molecule has 1 aromatic heterocycles. The van der Waals surface area contributed by atoms with Crippen LogP contribution >= 0.6 is 0 Å². The van der Waals surface area contributed by atoms with Crippen LogP contribution in [0.3, 0.4) is 0 Å². The predicted molar refractivity (Wildman–Crippen MR) is 87.7 cm³/mol. The Balaban J connectivity index is 1.72. The highest BCUT2D eigenvalue weighted by molar-refractivity contribution is 5.53. The van der Waals surface area contributed by atoms with E-state index in [-0.39, 0.29) is 0 Å². The Hall–Kier alpha value is -2.62. The number of rotatable bonds is 4. The zero-order valence-electron chi connectivity index (χ0n) is 13.1. The first-order valence-corrected chi connectivity index (χ1v) is 7.32. The standard InChI is InChI=1S/C18H19N3O/c1-12-5-4-6-15(8-12)18-21-20-17(22-18)11-19-16-9-13(2)7-14(3)10-16/h4-10,19H,11H2,1-3H3. The van der Waals surface area contributed by atoms with Gasteiger partial charge in [-0.2, -0.15) is 0 Å². The van der Waals surface area contributed by atoms with E-state index in [0.717, 1.165) is 11.3 Å². The molecule has 0 aliphatic rings. The van der Waals surface area contributed by atoms with Crippen LogP contribution < -0.4 is 5.32 Å². The van der Waals surface area contributed by atoms with Crippen LogP contribution in [0.4, 0.5) is 5.69 Å². The van der Waals surface area contributed by atoms with Gasteiger partial charge in [-0.1, -0.05) is 23.8 Å². The highest BCUT2D eigenvalue weighted by atomic mass is 16.4. The van der Waals surface area contributed by atoms with E-state index in [4.69, 9.17) is 4.42 Å². The molecule has 0 saturated heterocycles. The topological polar surface area (TPSA) is 51.0 Å². The van der Waals surface area contributed by atoms with Crippen LogP contribution in [-0.2, 0) is 6.54 Å². The van der Waals surface area contributed by atoms with Gasteiger partial charge in [0.15, 0.2) is 0 Å². The zero-order chi connectivity index (χ0) is 15.5. The molecule has 0 atom stereocenters. The van der Waals surface area contributed by atoms with Gasteiger partial charge in [-0.3, -0.25) is 0 Å². The van der Waals surface area contributed by atoms with Crippen LogP contribution in [0.25, 0.3) is 11.5 Å². The zero-order valence-corrected chi connectivity index (χ0v) is 13.1. The second kappa shape index (κ2) is 6.02. The fourth-order valence-corrected chi connectivity index (χ4v) is 2.47. The lowest BCUT2D eigenvalue weighted by Gasteiger charge is -2.06. The molecule has 0 amide bonds. The molecule has 22 heavy (non-hydrogen) atoms. The van der Waals surface area contributed by atoms with Crippen molar-refractivity contribution in [3.8, 4) is 11.5 Å². The molecule has 0 unspecified atom stereocenters. The molecule has 0 saturated carbocycles. The van der Waals surface area contributed by atoms with Gasteiger partial charge >= 0.3 is 0 Å². The summed E-state index contributed by atoms with van der Waals surface area (Å²) in [4.78, 5) is 0. The van der Waals surface area contributed by atoms with Crippen molar-refractivity contribution in [3.05, 3.63) is 65.0 Å². The van der Waals surface area contributed by atoms with Crippen molar-refractivity contribution >= 4 is 5.69 Å². The summed E-state index contributed by atoms with van der Waals surface area (Å²) in [5.74, 6) is 1.14. The number of aryl methyl sites for hydroxylation is 3. The lowest BCUT2D eigenvalue weighted by Crippen LogP contribution is -2.00. The van der Waals surface area contributed by atoms with Crippen LogP contribution in [0.5, 0.6) is 0 Å². The number of nitrogens with zero attached hydrogens (tertiary/aromatic N) is 2. The second-order valence-electron chi connectivity index (χ2n) is 5.60. The third-order valence-electron chi connectivity index (χ3n) is 3.40. The van der Waals surface area contributed by atoms with Crippen LogP contribution in [0, 0.1) is 20.8 Å². The van der Waals surface area contributed by atoms with Gasteiger partial charge in [-0.05, 0) is 56.2 Å². The minimum absolute atomic E-state index is 0.516. The average molecular weight is 293 g/mol. The molecule has 0 bridgehead atoms. The highest BCUT2D eigenvalue weighted by Gasteiger charge is 2.08. The Morgan fingerprint density at radius 1 is 0.909 bits per heavy atom. The maximum absolute atomic E-state index is 5.72. The van der Waals surface area contributed by atoms with Crippen molar-refractivity contribution in [2.75, 3.05) is 5.32 Å². The van der Waals surface area contributed by atoms with Gasteiger partial charge in [-0.25, -0.2) is 0 Å². The largest absolute Gasteiger partial charge is 0.419 e. The number of aromatic nitrogens is 2. The minimum atomic E-state index is 0.516. The predicted octanol–water partition coefficient (Wildman–Crippen LogP) is 4.27. The average Bonchev–Trinajstić information content (AvgIpc) is 2.93. The first-order valence-electron chi connectivity index (χ1n) is 7.32. The molecule has 2 aromatic carbocycles. The summed E-state index contributed by atoms with van der Waals surface area (Å²) < 4.78 is 5.72. The van der Waals surface area contributed by atoms with Gasteiger partial charge in [0.2, 0.25) is 11.8 Å². The quantitative estimate of drug-likeness (QED) is 0.780. The molecule has 1 N–H and O–H groups in total. The Bertz CT molecular complexity index is 772. The molecule has 3 rings (SSSR count). The first kappa shape index (κ1) is 14.3. The van der Waals surface area contributed by atoms with Gasteiger partial charge in [0.25, 0.3) is 0 Å². The lowest BCUT2D eigenvalue weighted by molar-refractivity contribution is 0.515. The fraction of sp³-hybridized carbons (Fsp3) is 0.222. The molecule has 4 nitrogen and oxygen atoms in total. The molecule has 0 fully saturated rings. The SMILES string of the molecule is Cc1cc(C)cc(NCc2nnc(-c3cccc(C)c3)o2)c1. The van der Waals surface area contributed by atoms with E-state index in [1.54, 1.807) is 0 Å². The number of nitrogens with one attached hydrogen (secondary N) is 1. The summed E-state index contributed by atoms with van der Waals surface area (Å²) in [6.45, 7) is 6.73. The van der Waals surface area contributed by atoms with Crippen molar-refractivity contribution in [1.82, 2.24) is 10.2 Å². The van der Waals surface area contributed by atoms with Gasteiger partial charge in [-0.15, -0.1) is 10.2 Å². The molecule has 0 spiro atoms. The summed E-state index contributed by atoms with van der Waals surface area (Å²) >= 11 is 0. The van der Waals surface area contributed by atoms with Crippen LogP contribution in [0.1, 0.15) is 22.6 Å². The van der Waals surface area contributed by atoms with E-state index >= 15 is 0 Å². The maximum Gasteiger partial charge on any atom is 0.247 e. The molecule has 3 aromatic rings. The van der Waals surface area contributed by atoms with E-state index in [1.807, 2.05) is 31.2 Å². The van der Waals surface area contributed by atoms with Crippen LogP contribution in [0.2, 0.25) is 0 Å². The third-order valence-corrected chi connectivity index (χ3v) is 3.40. The molecule has 0 radical (unpaired) electrons. The summed E-state index contributed by atoms with van der Waals surface area (Å²) in [5, 5.41) is 11.5. The van der Waals surface area contributed by atoms with Crippen molar-refractivity contribution in [3.63, 3.8) is 0 Å². The molecular formula is C18H19N3O. The van der Waals surface area contributed by atoms with Crippen molar-refractivity contribution < 1.29 is 4.42 Å². The van der Waals surface area contributed by atoms with E-state index in [1.165, 1.54) is 16.7 Å². The normalized spacial score (nSPS) is 10.7. The lowest BCUT2D eigenvalue weighted by atomic mass is 10.1. The molecule has 112 valence electrons. The third kappa shape index (κ3) is 3.34. The van der Waals surface area contributed by atoms with Crippen molar-refractivity contribution in [2.24, 2.45) is 0 Å². The Morgan fingerprint density at radius 2 is 1.68 bits per heavy atom. The van der Waals surface area contributed by atoms with E-state index < -0.39 is 0 Å². The second-order valence-corrected chi connectivity index (χ2v) is 5.60. The summed E-state index contributed by atoms with van der Waals surface area (Å²) in [6, 6.07) is 14.4. The Kier molecular flexibility index (Phi) is 3.92.